The molecule has 0 aromatic heterocycles. The van der Waals surface area contributed by atoms with E-state index >= 15 is 0 Å². The van der Waals surface area contributed by atoms with E-state index in [0.717, 1.165) is 34.5 Å². The zero-order chi connectivity index (χ0) is 16.8. The summed E-state index contributed by atoms with van der Waals surface area (Å²) in [6.07, 6.45) is 1.47. The number of rotatable bonds is 4. The first-order valence-corrected chi connectivity index (χ1v) is 8.20. The molecule has 0 unspecified atom stereocenters. The molecule has 0 radical (unpaired) electrons. The van der Waals surface area contributed by atoms with Crippen molar-refractivity contribution in [3.8, 4) is 17.2 Å². The van der Waals surface area contributed by atoms with Crippen LogP contribution in [0.5, 0.6) is 17.2 Å². The van der Waals surface area contributed by atoms with E-state index in [1.807, 2.05) is 13.8 Å². The predicted molar refractivity (Wildman–Crippen MR) is 87.0 cm³/mol. The van der Waals surface area contributed by atoms with Gasteiger partial charge in [-0.05, 0) is 11.6 Å². The molecule has 2 heterocycles. The van der Waals surface area contributed by atoms with Crippen molar-refractivity contribution >= 4 is 5.78 Å². The number of carbonyl (C=O) groups excluding carboxylic acids is 1. The van der Waals surface area contributed by atoms with Crippen molar-refractivity contribution in [2.24, 2.45) is 5.92 Å². The van der Waals surface area contributed by atoms with E-state index in [9.17, 15) is 4.79 Å². The van der Waals surface area contributed by atoms with Crippen LogP contribution in [-0.2, 0) is 11.2 Å². The third kappa shape index (κ3) is 2.67. The van der Waals surface area contributed by atoms with Crippen LogP contribution in [0.25, 0.3) is 0 Å². The number of carbonyl (C=O) groups is 1. The summed E-state index contributed by atoms with van der Waals surface area (Å²) in [5.41, 5.74) is 2.33. The molecule has 0 aliphatic carbocycles. The van der Waals surface area contributed by atoms with E-state index in [1.54, 1.807) is 7.11 Å². The van der Waals surface area contributed by atoms with E-state index in [2.05, 4.69) is 20.2 Å². The Morgan fingerprint density at radius 2 is 2.13 bits per heavy atom. The van der Waals surface area contributed by atoms with Crippen molar-refractivity contribution in [3.63, 3.8) is 0 Å². The number of likely N-dealkylation sites (N-methyl/N-ethyl adjacent to an activating group) is 1. The third-order valence-electron chi connectivity index (χ3n) is 5.12. The topological polar surface area (TPSA) is 44.8 Å². The number of methoxy groups -OCH3 is 1. The van der Waals surface area contributed by atoms with E-state index in [-0.39, 0.29) is 24.5 Å². The monoisotopic (exact) mass is 320 g/mol. The standard InChI is InChI=1S/C18H26NO4/c1-11(2)14(20)9-13-16-12(6-7-19(13,3)4)8-15-17(18(16)21-5)23-10-22-15/h8,11,13H,6-7,9-10H2,1-5H3/q+1/t13-/m0/s1. The molecule has 5 nitrogen and oxygen atoms in total. The number of nitrogens with zero attached hydrogens (tertiary/aromatic N) is 1. The van der Waals surface area contributed by atoms with Crippen LogP contribution in [0.2, 0.25) is 0 Å². The lowest BCUT2D eigenvalue weighted by atomic mass is 9.85. The molecule has 2 aliphatic heterocycles. The van der Waals surface area contributed by atoms with Gasteiger partial charge in [0.05, 0.1) is 39.7 Å². The van der Waals surface area contributed by atoms with Crippen LogP contribution in [0.4, 0.5) is 0 Å². The molecular formula is C18H26NO4+. The molecule has 23 heavy (non-hydrogen) atoms. The first-order valence-electron chi connectivity index (χ1n) is 8.20. The summed E-state index contributed by atoms with van der Waals surface area (Å²) in [5, 5.41) is 0. The lowest BCUT2D eigenvalue weighted by molar-refractivity contribution is -0.922. The predicted octanol–water partition coefficient (Wildman–Crippen LogP) is 2.71. The Morgan fingerprint density at radius 1 is 1.39 bits per heavy atom. The van der Waals surface area contributed by atoms with E-state index in [0.29, 0.717) is 12.2 Å². The van der Waals surface area contributed by atoms with Gasteiger partial charge in [-0.3, -0.25) is 4.79 Å². The molecule has 0 N–H and O–H groups in total. The van der Waals surface area contributed by atoms with Crippen LogP contribution in [0.1, 0.15) is 37.4 Å². The van der Waals surface area contributed by atoms with Crippen molar-refractivity contribution in [1.29, 1.82) is 0 Å². The first-order chi connectivity index (χ1) is 10.8. The maximum Gasteiger partial charge on any atom is 0.231 e. The number of benzene rings is 1. The average Bonchev–Trinajstić information content (AvgIpc) is 2.95. The minimum Gasteiger partial charge on any atom is -0.492 e. The Bertz CT molecular complexity index is 636. The second-order valence-electron chi connectivity index (χ2n) is 7.31. The number of quaternary nitrogens is 1. The fraction of sp³-hybridized carbons (Fsp3) is 0.611. The number of hydrogen-bond donors (Lipinski definition) is 0. The van der Waals surface area contributed by atoms with Crippen LogP contribution in [0, 0.1) is 5.92 Å². The molecule has 126 valence electrons. The van der Waals surface area contributed by atoms with Gasteiger partial charge >= 0.3 is 0 Å². The average molecular weight is 320 g/mol. The van der Waals surface area contributed by atoms with Crippen LogP contribution in [0.15, 0.2) is 6.07 Å². The smallest absolute Gasteiger partial charge is 0.231 e. The highest BCUT2D eigenvalue weighted by atomic mass is 16.7. The normalized spacial score (nSPS) is 21.2. The van der Waals surface area contributed by atoms with Crippen LogP contribution in [0.3, 0.4) is 0 Å². The van der Waals surface area contributed by atoms with Gasteiger partial charge in [0.25, 0.3) is 0 Å². The number of ketones is 1. The Balaban J connectivity index is 2.12. The number of ether oxygens (including phenoxy) is 3. The zero-order valence-electron chi connectivity index (χ0n) is 14.6. The Kier molecular flexibility index (Phi) is 4.00. The SMILES string of the molecule is COc1c2c(cc3c1[C@H](CC(=O)C(C)C)[N+](C)(C)CC3)OCO2. The molecule has 1 atom stereocenters. The molecule has 1 aromatic carbocycles. The summed E-state index contributed by atoms with van der Waals surface area (Å²) in [6, 6.07) is 2.14. The summed E-state index contributed by atoms with van der Waals surface area (Å²) < 4.78 is 17.6. The second-order valence-corrected chi connectivity index (χ2v) is 7.31. The summed E-state index contributed by atoms with van der Waals surface area (Å²) in [7, 11) is 6.03. The summed E-state index contributed by atoms with van der Waals surface area (Å²) >= 11 is 0. The van der Waals surface area contributed by atoms with Crippen molar-refractivity contribution < 1.29 is 23.5 Å². The maximum atomic E-state index is 12.4. The molecule has 0 bridgehead atoms. The number of Topliss-reactive ketones (excluding diaryl/α,β-unsaturated/α-hetero) is 1. The van der Waals surface area contributed by atoms with Crippen molar-refractivity contribution in [2.75, 3.05) is 34.5 Å². The van der Waals surface area contributed by atoms with Crippen molar-refractivity contribution in [1.82, 2.24) is 0 Å². The largest absolute Gasteiger partial charge is 0.492 e. The van der Waals surface area contributed by atoms with Crippen molar-refractivity contribution in [2.45, 2.75) is 32.7 Å². The first kappa shape index (κ1) is 16.1. The number of hydrogen-bond acceptors (Lipinski definition) is 4. The molecule has 0 saturated carbocycles. The maximum absolute atomic E-state index is 12.4. The summed E-state index contributed by atoms with van der Waals surface area (Å²) in [4.78, 5) is 12.4. The fourth-order valence-corrected chi connectivity index (χ4v) is 3.54. The highest BCUT2D eigenvalue weighted by Gasteiger charge is 2.42. The van der Waals surface area contributed by atoms with Gasteiger partial charge in [-0.1, -0.05) is 13.8 Å². The Morgan fingerprint density at radius 3 is 2.78 bits per heavy atom. The van der Waals surface area contributed by atoms with Gasteiger partial charge < -0.3 is 18.7 Å². The molecule has 0 amide bonds. The molecular weight excluding hydrogens is 294 g/mol. The Hall–Kier alpha value is -1.75. The highest BCUT2D eigenvalue weighted by molar-refractivity contribution is 5.81. The summed E-state index contributed by atoms with van der Waals surface area (Å²) in [6.45, 7) is 5.14. The minimum atomic E-state index is 0.0420. The molecule has 0 fully saturated rings. The van der Waals surface area contributed by atoms with Crippen LogP contribution >= 0.6 is 0 Å². The zero-order valence-corrected chi connectivity index (χ0v) is 14.6. The van der Waals surface area contributed by atoms with E-state index in [4.69, 9.17) is 14.2 Å². The fourth-order valence-electron chi connectivity index (χ4n) is 3.54. The second kappa shape index (κ2) is 5.71. The molecule has 5 heteroatoms. The van der Waals surface area contributed by atoms with Gasteiger partial charge in [0.2, 0.25) is 12.5 Å². The quantitative estimate of drug-likeness (QED) is 0.800. The minimum absolute atomic E-state index is 0.0420. The highest BCUT2D eigenvalue weighted by Crippen LogP contribution is 2.51. The van der Waals surface area contributed by atoms with Crippen molar-refractivity contribution in [3.05, 3.63) is 17.2 Å². The van der Waals surface area contributed by atoms with Crippen LogP contribution in [-0.4, -0.2) is 44.8 Å². The van der Waals surface area contributed by atoms with Gasteiger partial charge in [-0.25, -0.2) is 0 Å². The lowest BCUT2D eigenvalue weighted by Gasteiger charge is -2.43. The van der Waals surface area contributed by atoms with Gasteiger partial charge in [0, 0.05) is 12.3 Å². The molecule has 0 saturated heterocycles. The number of fused-ring (bicyclic) bond motifs is 2. The molecule has 1 aromatic rings. The summed E-state index contributed by atoms with van der Waals surface area (Å²) in [5.74, 6) is 2.49. The van der Waals surface area contributed by atoms with Gasteiger partial charge in [0.15, 0.2) is 11.5 Å². The van der Waals surface area contributed by atoms with E-state index in [1.165, 1.54) is 5.56 Å². The van der Waals surface area contributed by atoms with E-state index < -0.39 is 0 Å². The van der Waals surface area contributed by atoms with Gasteiger partial charge in [-0.15, -0.1) is 0 Å². The lowest BCUT2D eigenvalue weighted by Crippen LogP contribution is -2.48. The van der Waals surface area contributed by atoms with Gasteiger partial charge in [0.1, 0.15) is 11.8 Å². The van der Waals surface area contributed by atoms with Crippen LogP contribution < -0.4 is 14.2 Å². The Labute approximate surface area is 137 Å². The molecule has 2 aliphatic rings. The third-order valence-corrected chi connectivity index (χ3v) is 5.12. The molecule has 3 rings (SSSR count). The van der Waals surface area contributed by atoms with Gasteiger partial charge in [-0.2, -0.15) is 0 Å². The molecule has 0 spiro atoms.